The lowest BCUT2D eigenvalue weighted by atomic mass is 9.84. The van der Waals surface area contributed by atoms with Crippen molar-refractivity contribution in [2.24, 2.45) is 0 Å². The van der Waals surface area contributed by atoms with Crippen LogP contribution in [0, 0.1) is 11.3 Å². The number of fused-ring (bicyclic) bond motifs is 1. The molecule has 1 N–H and O–H groups in total. The Hall–Kier alpha value is -2.59. The van der Waals surface area contributed by atoms with Gasteiger partial charge in [-0.1, -0.05) is 0 Å². The van der Waals surface area contributed by atoms with Gasteiger partial charge in [-0.25, -0.2) is 4.39 Å². The number of aliphatic carboxylic acids is 1. The van der Waals surface area contributed by atoms with Crippen molar-refractivity contribution < 1.29 is 14.3 Å². The second-order valence-corrected chi connectivity index (χ2v) is 7.97. The van der Waals surface area contributed by atoms with Crippen molar-refractivity contribution in [1.82, 2.24) is 9.88 Å². The summed E-state index contributed by atoms with van der Waals surface area (Å²) in [6.07, 6.45) is 9.30. The third-order valence-electron chi connectivity index (χ3n) is 5.00. The number of alkyl halides is 1. The van der Waals surface area contributed by atoms with Gasteiger partial charge in [0.15, 0.2) is 0 Å². The SMILES string of the molecule is N#CC1=CC=C(c2cnccc2SC2(C(=O)O)CCC2)C2=CC(F)CN12. The molecular weight excluding hydrogens is 353 g/mol. The van der Waals surface area contributed by atoms with Crippen LogP contribution in [0.3, 0.4) is 0 Å². The molecule has 26 heavy (non-hydrogen) atoms. The molecule has 3 heterocycles. The van der Waals surface area contributed by atoms with Crippen LogP contribution in [0.15, 0.2) is 53.0 Å². The summed E-state index contributed by atoms with van der Waals surface area (Å²) in [4.78, 5) is 18.4. The Morgan fingerprint density at radius 1 is 1.46 bits per heavy atom. The maximum absolute atomic E-state index is 14.0. The van der Waals surface area contributed by atoms with Crippen LogP contribution in [0.4, 0.5) is 4.39 Å². The molecule has 2 aliphatic heterocycles. The van der Waals surface area contributed by atoms with E-state index in [1.165, 1.54) is 17.8 Å². The van der Waals surface area contributed by atoms with Crippen LogP contribution < -0.4 is 0 Å². The van der Waals surface area contributed by atoms with Gasteiger partial charge in [0.05, 0.1) is 6.54 Å². The second-order valence-electron chi connectivity index (χ2n) is 6.55. The topological polar surface area (TPSA) is 77.2 Å². The Morgan fingerprint density at radius 3 is 2.92 bits per heavy atom. The minimum atomic E-state index is -1.15. The zero-order chi connectivity index (χ0) is 18.3. The molecule has 0 bridgehead atoms. The molecule has 1 unspecified atom stereocenters. The summed E-state index contributed by atoms with van der Waals surface area (Å²) in [5.41, 5.74) is 2.58. The molecular formula is C19H16FN3O2S. The van der Waals surface area contributed by atoms with Gasteiger partial charge in [0.2, 0.25) is 0 Å². The zero-order valence-corrected chi connectivity index (χ0v) is 14.7. The summed E-state index contributed by atoms with van der Waals surface area (Å²) in [6.45, 7) is 0.119. The first kappa shape index (κ1) is 16.9. The number of halogens is 1. The van der Waals surface area contributed by atoms with Crippen LogP contribution >= 0.6 is 11.8 Å². The van der Waals surface area contributed by atoms with Crippen LogP contribution in [0.25, 0.3) is 5.57 Å². The van der Waals surface area contributed by atoms with Crippen LogP contribution in [0.5, 0.6) is 0 Å². The number of nitriles is 1. The Labute approximate surface area is 154 Å². The lowest BCUT2D eigenvalue weighted by Gasteiger charge is -2.37. The van der Waals surface area contributed by atoms with Gasteiger partial charge in [-0.3, -0.25) is 9.78 Å². The first-order valence-corrected chi connectivity index (χ1v) is 9.18. The summed E-state index contributed by atoms with van der Waals surface area (Å²) < 4.78 is 13.2. The molecule has 1 saturated carbocycles. The van der Waals surface area contributed by atoms with Crippen LogP contribution in [0.2, 0.25) is 0 Å². The van der Waals surface area contributed by atoms with Crippen LogP contribution in [0.1, 0.15) is 24.8 Å². The Kier molecular flexibility index (Phi) is 4.08. The highest BCUT2D eigenvalue weighted by Gasteiger charge is 2.46. The number of carboxylic acids is 1. The molecule has 3 aliphatic rings. The maximum atomic E-state index is 14.0. The van der Waals surface area contributed by atoms with Crippen molar-refractivity contribution in [2.45, 2.75) is 35.1 Å². The Morgan fingerprint density at radius 2 is 2.27 bits per heavy atom. The minimum Gasteiger partial charge on any atom is -0.480 e. The van der Waals surface area contributed by atoms with Gasteiger partial charge in [0.25, 0.3) is 0 Å². The molecule has 1 aliphatic carbocycles. The highest BCUT2D eigenvalue weighted by atomic mass is 32.2. The van der Waals surface area contributed by atoms with E-state index in [-0.39, 0.29) is 6.54 Å². The van der Waals surface area contributed by atoms with E-state index in [1.807, 2.05) is 0 Å². The average Bonchev–Trinajstić information content (AvgIpc) is 2.98. The number of hydrogen-bond donors (Lipinski definition) is 1. The predicted molar refractivity (Wildman–Crippen MR) is 95.7 cm³/mol. The third-order valence-corrected chi connectivity index (χ3v) is 6.55. The van der Waals surface area contributed by atoms with Gasteiger partial charge in [-0.15, -0.1) is 11.8 Å². The highest BCUT2D eigenvalue weighted by molar-refractivity contribution is 8.01. The number of carbonyl (C=O) groups is 1. The first-order chi connectivity index (χ1) is 12.5. The number of rotatable bonds is 4. The molecule has 132 valence electrons. The molecule has 1 aromatic rings. The molecule has 4 rings (SSSR count). The predicted octanol–water partition coefficient (Wildman–Crippen LogP) is 3.52. The number of thioether (sulfide) groups is 1. The average molecular weight is 369 g/mol. The Balaban J connectivity index is 1.76. The fourth-order valence-electron chi connectivity index (χ4n) is 3.45. The fourth-order valence-corrected chi connectivity index (χ4v) is 4.86. The number of hydrogen-bond acceptors (Lipinski definition) is 5. The molecule has 0 amide bonds. The van der Waals surface area contributed by atoms with Crippen molar-refractivity contribution in [2.75, 3.05) is 6.54 Å². The lowest BCUT2D eigenvalue weighted by Crippen LogP contribution is -2.41. The molecule has 7 heteroatoms. The smallest absolute Gasteiger partial charge is 0.320 e. The molecule has 0 radical (unpaired) electrons. The van der Waals surface area contributed by atoms with Crippen LogP contribution in [-0.4, -0.2) is 38.4 Å². The standard InChI is InChI=1S/C19H16FN3O2S/c20-12-8-16-14(3-2-13(9-21)23(16)11-12)15-10-22-7-4-17(15)26-19(18(24)25)5-1-6-19/h2-4,7-8,10,12H,1,5-6,11H2,(H,24,25). The van der Waals surface area contributed by atoms with Crippen molar-refractivity contribution in [3.63, 3.8) is 0 Å². The van der Waals surface area contributed by atoms with E-state index in [0.29, 0.717) is 24.2 Å². The molecule has 0 saturated heterocycles. The molecule has 0 spiro atoms. The van der Waals surface area contributed by atoms with E-state index in [2.05, 4.69) is 11.1 Å². The van der Waals surface area contributed by atoms with E-state index >= 15 is 0 Å². The van der Waals surface area contributed by atoms with Gasteiger partial charge < -0.3 is 10.0 Å². The summed E-state index contributed by atoms with van der Waals surface area (Å²) in [6, 6.07) is 3.90. The van der Waals surface area contributed by atoms with Crippen LogP contribution in [-0.2, 0) is 4.79 Å². The quantitative estimate of drug-likeness (QED) is 0.875. The number of carboxylic acid groups (broad SMARTS) is 1. The van der Waals surface area contributed by atoms with E-state index in [1.54, 1.807) is 35.5 Å². The van der Waals surface area contributed by atoms with Crippen molar-refractivity contribution in [1.29, 1.82) is 5.26 Å². The minimum absolute atomic E-state index is 0.119. The van der Waals surface area contributed by atoms with Gasteiger partial charge in [0.1, 0.15) is 22.7 Å². The molecule has 1 atom stereocenters. The van der Waals surface area contributed by atoms with Gasteiger partial charge in [-0.2, -0.15) is 5.26 Å². The van der Waals surface area contributed by atoms with Gasteiger partial charge in [0, 0.05) is 34.1 Å². The van der Waals surface area contributed by atoms with Gasteiger partial charge >= 0.3 is 5.97 Å². The fraction of sp³-hybridized carbons (Fsp3) is 0.316. The number of allylic oxidation sites excluding steroid dienone is 4. The monoisotopic (exact) mass is 369 g/mol. The summed E-state index contributed by atoms with van der Waals surface area (Å²) in [5, 5.41) is 18.9. The number of aromatic nitrogens is 1. The van der Waals surface area contributed by atoms with E-state index < -0.39 is 16.9 Å². The van der Waals surface area contributed by atoms with Gasteiger partial charge in [-0.05, 0) is 43.6 Å². The summed E-state index contributed by atoms with van der Waals surface area (Å²) in [7, 11) is 0. The number of pyridine rings is 1. The first-order valence-electron chi connectivity index (χ1n) is 8.37. The zero-order valence-electron chi connectivity index (χ0n) is 13.9. The normalized spacial score (nSPS) is 23.2. The summed E-state index contributed by atoms with van der Waals surface area (Å²) >= 11 is 1.34. The molecule has 1 aromatic heterocycles. The largest absolute Gasteiger partial charge is 0.480 e. The van der Waals surface area contributed by atoms with Crippen molar-refractivity contribution in [3.05, 3.63) is 53.6 Å². The summed E-state index contributed by atoms with van der Waals surface area (Å²) in [5.74, 6) is -0.800. The van der Waals surface area contributed by atoms with E-state index in [4.69, 9.17) is 0 Å². The molecule has 0 aromatic carbocycles. The third kappa shape index (κ3) is 2.61. The maximum Gasteiger partial charge on any atom is 0.320 e. The van der Waals surface area contributed by atoms with E-state index in [9.17, 15) is 19.6 Å². The van der Waals surface area contributed by atoms with E-state index in [0.717, 1.165) is 22.5 Å². The molecule has 1 fully saturated rings. The second kappa shape index (κ2) is 6.29. The van der Waals surface area contributed by atoms with Crippen molar-refractivity contribution in [3.8, 4) is 6.07 Å². The molecule has 5 nitrogen and oxygen atoms in total. The van der Waals surface area contributed by atoms with Crippen molar-refractivity contribution >= 4 is 23.3 Å². The Bertz CT molecular complexity index is 912. The lowest BCUT2D eigenvalue weighted by molar-refractivity contribution is -0.142. The highest BCUT2D eigenvalue weighted by Crippen LogP contribution is 2.50. The number of nitrogens with zero attached hydrogens (tertiary/aromatic N) is 3.